The van der Waals surface area contributed by atoms with Gasteiger partial charge in [-0.2, -0.15) is 0 Å². The Morgan fingerprint density at radius 3 is 2.74 bits per heavy atom. The van der Waals surface area contributed by atoms with Gasteiger partial charge in [-0.25, -0.2) is 9.78 Å². The van der Waals surface area contributed by atoms with Gasteiger partial charge >= 0.3 is 5.97 Å². The molecule has 0 fully saturated rings. The number of carboxylic acids is 1. The molecule has 0 atom stereocenters. The summed E-state index contributed by atoms with van der Waals surface area (Å²) in [4.78, 5) is 15.2. The van der Waals surface area contributed by atoms with Gasteiger partial charge in [-0.3, -0.25) is 0 Å². The van der Waals surface area contributed by atoms with E-state index in [1.807, 2.05) is 25.1 Å². The molecule has 0 amide bonds. The molecular formula is C15H16N2O2. The maximum Gasteiger partial charge on any atom is 0.335 e. The summed E-state index contributed by atoms with van der Waals surface area (Å²) in [5.74, 6) is -0.358. The van der Waals surface area contributed by atoms with Gasteiger partial charge in [0.25, 0.3) is 0 Å². The van der Waals surface area contributed by atoms with Crippen molar-refractivity contribution in [3.05, 3.63) is 58.8 Å². The van der Waals surface area contributed by atoms with Gasteiger partial charge < -0.3 is 10.4 Å². The van der Waals surface area contributed by atoms with Crippen LogP contribution in [0.4, 0.5) is 5.82 Å². The maximum absolute atomic E-state index is 11.0. The number of hydrogen-bond donors (Lipinski definition) is 2. The summed E-state index contributed by atoms with van der Waals surface area (Å²) < 4.78 is 0. The van der Waals surface area contributed by atoms with Crippen molar-refractivity contribution in [3.63, 3.8) is 0 Å². The molecule has 19 heavy (non-hydrogen) atoms. The van der Waals surface area contributed by atoms with Crippen molar-refractivity contribution >= 4 is 11.8 Å². The van der Waals surface area contributed by atoms with Gasteiger partial charge in [0, 0.05) is 12.2 Å². The van der Waals surface area contributed by atoms with Crippen LogP contribution in [0.25, 0.3) is 0 Å². The lowest BCUT2D eigenvalue weighted by Crippen LogP contribution is -2.05. The fourth-order valence-electron chi connectivity index (χ4n) is 1.90. The number of hydrogen-bond acceptors (Lipinski definition) is 3. The quantitative estimate of drug-likeness (QED) is 0.882. The highest BCUT2D eigenvalue weighted by atomic mass is 16.4. The zero-order valence-electron chi connectivity index (χ0n) is 11.0. The number of carbonyl (C=O) groups is 1. The molecule has 0 aliphatic rings. The highest BCUT2D eigenvalue weighted by molar-refractivity contribution is 5.88. The molecule has 4 nitrogen and oxygen atoms in total. The van der Waals surface area contributed by atoms with Gasteiger partial charge in [0.1, 0.15) is 5.82 Å². The van der Waals surface area contributed by atoms with E-state index in [0.717, 1.165) is 5.56 Å². The van der Waals surface area contributed by atoms with Gasteiger partial charge in [0.2, 0.25) is 0 Å². The Hall–Kier alpha value is -2.36. The molecule has 4 heteroatoms. The minimum absolute atomic E-state index is 0.249. The van der Waals surface area contributed by atoms with Crippen molar-refractivity contribution in [1.29, 1.82) is 0 Å². The lowest BCUT2D eigenvalue weighted by atomic mass is 10.1. The van der Waals surface area contributed by atoms with E-state index in [9.17, 15) is 4.79 Å². The van der Waals surface area contributed by atoms with Crippen LogP contribution in [0.3, 0.4) is 0 Å². The van der Waals surface area contributed by atoms with Crippen molar-refractivity contribution in [1.82, 2.24) is 4.98 Å². The Kier molecular flexibility index (Phi) is 3.80. The summed E-state index contributed by atoms with van der Waals surface area (Å²) in [5, 5.41) is 12.1. The zero-order valence-corrected chi connectivity index (χ0v) is 11.0. The van der Waals surface area contributed by atoms with Crippen molar-refractivity contribution in [3.8, 4) is 0 Å². The molecule has 0 saturated heterocycles. The number of aromatic nitrogens is 1. The molecule has 1 aromatic carbocycles. The average Bonchev–Trinajstić information content (AvgIpc) is 2.36. The third kappa shape index (κ3) is 3.55. The first-order valence-electron chi connectivity index (χ1n) is 6.06. The normalized spacial score (nSPS) is 10.2. The Morgan fingerprint density at radius 2 is 2.05 bits per heavy atom. The maximum atomic E-state index is 11.0. The molecule has 0 radical (unpaired) electrons. The van der Waals surface area contributed by atoms with Crippen LogP contribution in [-0.4, -0.2) is 16.1 Å². The van der Waals surface area contributed by atoms with E-state index >= 15 is 0 Å². The topological polar surface area (TPSA) is 62.2 Å². The van der Waals surface area contributed by atoms with Gasteiger partial charge in [-0.05, 0) is 31.5 Å². The molecule has 1 heterocycles. The minimum Gasteiger partial charge on any atom is -0.478 e. The predicted molar refractivity (Wildman–Crippen MR) is 74.4 cm³/mol. The van der Waals surface area contributed by atoms with Crippen LogP contribution in [0.2, 0.25) is 0 Å². The average molecular weight is 256 g/mol. The number of aryl methyl sites for hydroxylation is 2. The number of rotatable bonds is 4. The number of pyridine rings is 1. The van der Waals surface area contributed by atoms with Gasteiger partial charge in [-0.1, -0.05) is 29.8 Å². The molecule has 1 aromatic heterocycles. The Labute approximate surface area is 112 Å². The van der Waals surface area contributed by atoms with E-state index in [1.165, 1.54) is 5.56 Å². The third-order valence-corrected chi connectivity index (χ3v) is 2.76. The number of carboxylic acid groups (broad SMARTS) is 1. The molecule has 2 rings (SSSR count). The summed E-state index contributed by atoms with van der Waals surface area (Å²) in [6, 6.07) is 11.2. The minimum atomic E-state index is -0.941. The Morgan fingerprint density at radius 1 is 1.26 bits per heavy atom. The summed E-state index contributed by atoms with van der Waals surface area (Å²) in [6.07, 6.45) is 0. The number of aromatic carboxylic acids is 1. The molecule has 0 unspecified atom stereocenters. The lowest BCUT2D eigenvalue weighted by Gasteiger charge is -2.08. The first kappa shape index (κ1) is 13.1. The molecule has 0 aliphatic heterocycles. The molecule has 2 aromatic rings. The van der Waals surface area contributed by atoms with E-state index < -0.39 is 5.97 Å². The zero-order chi connectivity index (χ0) is 13.8. The van der Waals surface area contributed by atoms with E-state index in [-0.39, 0.29) is 5.56 Å². The van der Waals surface area contributed by atoms with E-state index in [0.29, 0.717) is 18.1 Å². The second-order valence-electron chi connectivity index (χ2n) is 4.53. The van der Waals surface area contributed by atoms with E-state index in [1.54, 1.807) is 19.1 Å². The van der Waals surface area contributed by atoms with Crippen LogP contribution in [0.5, 0.6) is 0 Å². The van der Waals surface area contributed by atoms with Gasteiger partial charge in [0.15, 0.2) is 0 Å². The Balaban J connectivity index is 2.13. The summed E-state index contributed by atoms with van der Waals surface area (Å²) in [6.45, 7) is 4.44. The first-order valence-corrected chi connectivity index (χ1v) is 6.06. The van der Waals surface area contributed by atoms with Crippen LogP contribution in [0, 0.1) is 13.8 Å². The molecular weight excluding hydrogens is 240 g/mol. The monoisotopic (exact) mass is 256 g/mol. The number of nitrogens with one attached hydrogen (secondary N) is 1. The van der Waals surface area contributed by atoms with Crippen molar-refractivity contribution in [2.45, 2.75) is 20.4 Å². The van der Waals surface area contributed by atoms with Crippen molar-refractivity contribution in [2.24, 2.45) is 0 Å². The number of anilines is 1. The highest BCUT2D eigenvalue weighted by Gasteiger charge is 2.06. The number of nitrogens with zero attached hydrogens (tertiary/aromatic N) is 1. The SMILES string of the molecule is Cc1cccc(CNc2cc(C(=O)O)cc(C)n2)c1. The van der Waals surface area contributed by atoms with E-state index in [2.05, 4.69) is 16.4 Å². The first-order chi connectivity index (χ1) is 9.04. The summed E-state index contributed by atoms with van der Waals surface area (Å²) in [5.41, 5.74) is 3.27. The fraction of sp³-hybridized carbons (Fsp3) is 0.200. The fourth-order valence-corrected chi connectivity index (χ4v) is 1.90. The lowest BCUT2D eigenvalue weighted by molar-refractivity contribution is 0.0696. The van der Waals surface area contributed by atoms with Crippen LogP contribution >= 0.6 is 0 Å². The van der Waals surface area contributed by atoms with Crippen molar-refractivity contribution in [2.75, 3.05) is 5.32 Å². The predicted octanol–water partition coefficient (Wildman–Crippen LogP) is 3.01. The third-order valence-electron chi connectivity index (χ3n) is 2.76. The molecule has 2 N–H and O–H groups in total. The molecule has 0 aliphatic carbocycles. The second kappa shape index (κ2) is 5.52. The smallest absolute Gasteiger partial charge is 0.335 e. The molecule has 0 saturated carbocycles. The largest absolute Gasteiger partial charge is 0.478 e. The summed E-state index contributed by atoms with van der Waals surface area (Å²) in [7, 11) is 0. The molecule has 0 bridgehead atoms. The van der Waals surface area contributed by atoms with Crippen LogP contribution < -0.4 is 5.32 Å². The van der Waals surface area contributed by atoms with Gasteiger partial charge in [-0.15, -0.1) is 0 Å². The molecule has 98 valence electrons. The van der Waals surface area contributed by atoms with Crippen LogP contribution in [0.1, 0.15) is 27.2 Å². The number of benzene rings is 1. The van der Waals surface area contributed by atoms with Gasteiger partial charge in [0.05, 0.1) is 5.56 Å². The van der Waals surface area contributed by atoms with E-state index in [4.69, 9.17) is 5.11 Å². The molecule has 0 spiro atoms. The van der Waals surface area contributed by atoms with Crippen LogP contribution in [-0.2, 0) is 6.54 Å². The highest BCUT2D eigenvalue weighted by Crippen LogP contribution is 2.12. The standard InChI is InChI=1S/C15H16N2O2/c1-10-4-3-5-12(6-10)9-16-14-8-13(15(18)19)7-11(2)17-14/h3-8H,9H2,1-2H3,(H,16,17)(H,18,19). The second-order valence-corrected chi connectivity index (χ2v) is 4.53. The van der Waals surface area contributed by atoms with Crippen LogP contribution in [0.15, 0.2) is 36.4 Å². The summed E-state index contributed by atoms with van der Waals surface area (Å²) >= 11 is 0. The Bertz CT molecular complexity index is 609. The van der Waals surface area contributed by atoms with Crippen molar-refractivity contribution < 1.29 is 9.90 Å².